The average Bonchev–Trinajstić information content (AvgIpc) is 2.81. The van der Waals surface area contributed by atoms with Crippen LogP contribution in [0.2, 0.25) is 0 Å². The second kappa shape index (κ2) is 7.65. The summed E-state index contributed by atoms with van der Waals surface area (Å²) in [6.45, 7) is 0.212. The molecule has 1 aliphatic rings. The second-order valence-corrected chi connectivity index (χ2v) is 8.90. The summed E-state index contributed by atoms with van der Waals surface area (Å²) in [5.74, 6) is -0.351. The standard InChI is InChI=1S/C17H10Br3NO3S/c18-11-3-1-9(2-4-11)8-21-16(23)14(25-17(21)24)6-10-5-12(19)7-13(20)15(10)22/h1-7,22H,8H2/b14-6-. The summed E-state index contributed by atoms with van der Waals surface area (Å²) in [5, 5.41) is 9.80. The Labute approximate surface area is 173 Å². The largest absolute Gasteiger partial charge is 0.506 e. The number of carbonyl (C=O) groups is 2. The number of imide groups is 1. The van der Waals surface area contributed by atoms with E-state index in [1.165, 1.54) is 11.0 Å². The zero-order valence-corrected chi connectivity index (χ0v) is 18.1. The topological polar surface area (TPSA) is 57.6 Å². The number of aromatic hydroxyl groups is 1. The lowest BCUT2D eigenvalue weighted by Gasteiger charge is -2.12. The molecule has 25 heavy (non-hydrogen) atoms. The number of hydrogen-bond donors (Lipinski definition) is 1. The highest BCUT2D eigenvalue weighted by molar-refractivity contribution is 9.11. The number of phenols is 1. The van der Waals surface area contributed by atoms with Crippen LogP contribution in [-0.4, -0.2) is 21.2 Å². The van der Waals surface area contributed by atoms with Crippen molar-refractivity contribution in [2.75, 3.05) is 0 Å². The molecule has 1 N–H and O–H groups in total. The van der Waals surface area contributed by atoms with Gasteiger partial charge in [0.1, 0.15) is 5.75 Å². The second-order valence-electron chi connectivity index (χ2n) is 5.22. The van der Waals surface area contributed by atoms with Crippen molar-refractivity contribution in [1.82, 2.24) is 4.90 Å². The van der Waals surface area contributed by atoms with Crippen molar-refractivity contribution >= 4 is 76.8 Å². The fraction of sp³-hybridized carbons (Fsp3) is 0.0588. The molecule has 0 aromatic heterocycles. The molecule has 1 fully saturated rings. The zero-order valence-electron chi connectivity index (χ0n) is 12.5. The van der Waals surface area contributed by atoms with Crippen LogP contribution in [0.1, 0.15) is 11.1 Å². The molecule has 8 heteroatoms. The maximum Gasteiger partial charge on any atom is 0.293 e. The molecule has 1 heterocycles. The molecule has 2 amide bonds. The zero-order chi connectivity index (χ0) is 18.1. The van der Waals surface area contributed by atoms with Crippen molar-refractivity contribution in [3.8, 4) is 5.75 Å². The number of halogens is 3. The van der Waals surface area contributed by atoms with Crippen LogP contribution in [0.3, 0.4) is 0 Å². The first-order chi connectivity index (χ1) is 11.8. The minimum atomic E-state index is -0.367. The van der Waals surface area contributed by atoms with Crippen LogP contribution in [-0.2, 0) is 11.3 Å². The van der Waals surface area contributed by atoms with Gasteiger partial charge in [-0.1, -0.05) is 44.0 Å². The predicted octanol–water partition coefficient (Wildman–Crippen LogP) is 5.92. The van der Waals surface area contributed by atoms with E-state index in [1.807, 2.05) is 24.3 Å². The van der Waals surface area contributed by atoms with E-state index in [4.69, 9.17) is 0 Å². The highest BCUT2D eigenvalue weighted by atomic mass is 79.9. The van der Waals surface area contributed by atoms with E-state index in [1.54, 1.807) is 12.1 Å². The maximum absolute atomic E-state index is 12.6. The van der Waals surface area contributed by atoms with Gasteiger partial charge in [0.2, 0.25) is 0 Å². The van der Waals surface area contributed by atoms with Gasteiger partial charge >= 0.3 is 0 Å². The average molecular weight is 548 g/mol. The Morgan fingerprint density at radius 3 is 2.40 bits per heavy atom. The van der Waals surface area contributed by atoms with Gasteiger partial charge in [0.25, 0.3) is 11.1 Å². The SMILES string of the molecule is O=C1S/C(=C\c2cc(Br)cc(Br)c2O)C(=O)N1Cc1ccc(Br)cc1. The van der Waals surface area contributed by atoms with E-state index in [0.29, 0.717) is 10.0 Å². The first-order valence-corrected chi connectivity index (χ1v) is 10.2. The number of carbonyl (C=O) groups excluding carboxylic acids is 2. The van der Waals surface area contributed by atoms with Gasteiger partial charge in [-0.15, -0.1) is 0 Å². The van der Waals surface area contributed by atoms with Gasteiger partial charge in [-0.05, 0) is 63.6 Å². The van der Waals surface area contributed by atoms with Crippen LogP contribution in [0.5, 0.6) is 5.75 Å². The molecule has 2 aromatic rings. The molecular weight excluding hydrogens is 538 g/mol. The van der Waals surface area contributed by atoms with Gasteiger partial charge < -0.3 is 5.11 Å². The van der Waals surface area contributed by atoms with Crippen LogP contribution in [0.4, 0.5) is 4.79 Å². The molecule has 0 spiro atoms. The highest BCUT2D eigenvalue weighted by Gasteiger charge is 2.35. The van der Waals surface area contributed by atoms with Gasteiger partial charge in [-0.3, -0.25) is 14.5 Å². The molecule has 4 nitrogen and oxygen atoms in total. The van der Waals surface area contributed by atoms with E-state index < -0.39 is 0 Å². The molecule has 0 atom stereocenters. The van der Waals surface area contributed by atoms with E-state index in [-0.39, 0.29) is 28.3 Å². The summed E-state index contributed by atoms with van der Waals surface area (Å²) >= 11 is 10.8. The van der Waals surface area contributed by atoms with Gasteiger partial charge in [0.15, 0.2) is 0 Å². The Bertz CT molecular complexity index is 897. The van der Waals surface area contributed by atoms with Crippen molar-refractivity contribution < 1.29 is 14.7 Å². The third kappa shape index (κ3) is 4.19. The van der Waals surface area contributed by atoms with E-state index in [0.717, 1.165) is 26.3 Å². The van der Waals surface area contributed by atoms with Crippen molar-refractivity contribution in [2.24, 2.45) is 0 Å². The Balaban J connectivity index is 1.87. The lowest BCUT2D eigenvalue weighted by molar-refractivity contribution is -0.123. The Hall–Kier alpha value is -1.09. The molecule has 3 rings (SSSR count). The number of thioether (sulfide) groups is 1. The van der Waals surface area contributed by atoms with Crippen molar-refractivity contribution in [1.29, 1.82) is 0 Å². The summed E-state index contributed by atoms with van der Waals surface area (Å²) < 4.78 is 2.18. The fourth-order valence-electron chi connectivity index (χ4n) is 2.25. The lowest BCUT2D eigenvalue weighted by Crippen LogP contribution is -2.27. The Kier molecular flexibility index (Phi) is 5.72. The first-order valence-electron chi connectivity index (χ1n) is 7.03. The highest BCUT2D eigenvalue weighted by Crippen LogP contribution is 2.38. The molecular formula is C17H10Br3NO3S. The van der Waals surface area contributed by atoms with Gasteiger partial charge in [-0.2, -0.15) is 0 Å². The normalized spacial score (nSPS) is 16.1. The molecule has 0 bridgehead atoms. The number of benzene rings is 2. The van der Waals surface area contributed by atoms with E-state index in [2.05, 4.69) is 47.8 Å². The summed E-state index contributed by atoms with van der Waals surface area (Å²) in [6, 6.07) is 10.8. The number of nitrogens with zero attached hydrogens (tertiary/aromatic N) is 1. The van der Waals surface area contributed by atoms with E-state index >= 15 is 0 Å². The summed E-state index contributed by atoms with van der Waals surface area (Å²) in [6.07, 6.45) is 1.53. The summed E-state index contributed by atoms with van der Waals surface area (Å²) in [7, 11) is 0. The molecule has 0 saturated carbocycles. The molecule has 1 aliphatic heterocycles. The van der Waals surface area contributed by atoms with Crippen LogP contribution in [0.25, 0.3) is 6.08 Å². The number of phenolic OH excluding ortho intramolecular Hbond substituents is 1. The van der Waals surface area contributed by atoms with Crippen LogP contribution in [0.15, 0.2) is 54.7 Å². The molecule has 128 valence electrons. The first kappa shape index (κ1) is 18.7. The predicted molar refractivity (Wildman–Crippen MR) is 109 cm³/mol. The molecule has 1 saturated heterocycles. The monoisotopic (exact) mass is 545 g/mol. The number of amides is 2. The molecule has 0 radical (unpaired) electrons. The van der Waals surface area contributed by atoms with Crippen molar-refractivity contribution in [3.63, 3.8) is 0 Å². The van der Waals surface area contributed by atoms with Gasteiger partial charge in [-0.25, -0.2) is 0 Å². The lowest BCUT2D eigenvalue weighted by atomic mass is 10.2. The summed E-state index contributed by atoms with van der Waals surface area (Å²) in [4.78, 5) is 26.3. The minimum absolute atomic E-state index is 0.0166. The minimum Gasteiger partial charge on any atom is -0.506 e. The smallest absolute Gasteiger partial charge is 0.293 e. The molecule has 0 unspecified atom stereocenters. The van der Waals surface area contributed by atoms with Crippen molar-refractivity contribution in [2.45, 2.75) is 6.54 Å². The van der Waals surface area contributed by atoms with Crippen LogP contribution >= 0.6 is 59.6 Å². The third-order valence-electron chi connectivity index (χ3n) is 3.47. The third-order valence-corrected chi connectivity index (χ3v) is 5.97. The fourth-order valence-corrected chi connectivity index (χ4v) is 4.60. The van der Waals surface area contributed by atoms with E-state index in [9.17, 15) is 14.7 Å². The molecule has 0 aliphatic carbocycles. The number of rotatable bonds is 3. The number of hydrogen-bond acceptors (Lipinski definition) is 4. The van der Waals surface area contributed by atoms with Crippen LogP contribution in [0, 0.1) is 0 Å². The summed E-state index contributed by atoms with van der Waals surface area (Å²) in [5.41, 5.74) is 1.31. The quantitative estimate of drug-likeness (QED) is 0.485. The van der Waals surface area contributed by atoms with Crippen LogP contribution < -0.4 is 0 Å². The Morgan fingerprint density at radius 2 is 1.72 bits per heavy atom. The molecule has 2 aromatic carbocycles. The maximum atomic E-state index is 12.6. The van der Waals surface area contributed by atoms with Gasteiger partial charge in [0, 0.05) is 14.5 Å². The van der Waals surface area contributed by atoms with Crippen molar-refractivity contribution in [3.05, 3.63) is 65.8 Å². The Morgan fingerprint density at radius 1 is 1.04 bits per heavy atom. The van der Waals surface area contributed by atoms with Gasteiger partial charge in [0.05, 0.1) is 15.9 Å².